The highest BCUT2D eigenvalue weighted by atomic mass is 32.2. The van der Waals surface area contributed by atoms with E-state index in [0.29, 0.717) is 19.6 Å². The van der Waals surface area contributed by atoms with Gasteiger partial charge in [0.2, 0.25) is 5.91 Å². The molecule has 23 heavy (non-hydrogen) atoms. The SMILES string of the molecule is CCOc1cccc(CNC(=O)CCSc2ccc(C)cc2)c1. The van der Waals surface area contributed by atoms with Crippen molar-refractivity contribution in [2.75, 3.05) is 12.4 Å². The molecule has 2 aromatic rings. The Morgan fingerprint density at radius 1 is 1.17 bits per heavy atom. The number of carbonyl (C=O) groups is 1. The molecule has 2 aromatic carbocycles. The van der Waals surface area contributed by atoms with E-state index in [-0.39, 0.29) is 5.91 Å². The number of rotatable bonds is 8. The zero-order valence-corrected chi connectivity index (χ0v) is 14.5. The van der Waals surface area contributed by atoms with Gasteiger partial charge in [0.15, 0.2) is 0 Å². The average molecular weight is 329 g/mol. The lowest BCUT2D eigenvalue weighted by atomic mass is 10.2. The van der Waals surface area contributed by atoms with E-state index in [4.69, 9.17) is 4.74 Å². The Bertz CT molecular complexity index is 626. The molecule has 1 amide bonds. The molecule has 0 aliphatic heterocycles. The van der Waals surface area contributed by atoms with Crippen LogP contribution in [0.1, 0.15) is 24.5 Å². The first-order valence-corrected chi connectivity index (χ1v) is 8.84. The van der Waals surface area contributed by atoms with Crippen molar-refractivity contribution in [3.63, 3.8) is 0 Å². The van der Waals surface area contributed by atoms with Crippen molar-refractivity contribution in [1.29, 1.82) is 0 Å². The Kier molecular flexibility index (Phi) is 7.01. The molecule has 0 fully saturated rings. The van der Waals surface area contributed by atoms with Crippen molar-refractivity contribution in [1.82, 2.24) is 5.32 Å². The van der Waals surface area contributed by atoms with Gasteiger partial charge in [-0.15, -0.1) is 11.8 Å². The molecular weight excluding hydrogens is 306 g/mol. The van der Waals surface area contributed by atoms with Crippen molar-refractivity contribution in [3.05, 3.63) is 59.7 Å². The second-order valence-corrected chi connectivity index (χ2v) is 6.44. The van der Waals surface area contributed by atoms with Crippen LogP contribution in [0.3, 0.4) is 0 Å². The van der Waals surface area contributed by atoms with E-state index >= 15 is 0 Å². The molecule has 0 heterocycles. The van der Waals surface area contributed by atoms with Crippen molar-refractivity contribution in [2.24, 2.45) is 0 Å². The Morgan fingerprint density at radius 3 is 2.70 bits per heavy atom. The van der Waals surface area contributed by atoms with Crippen molar-refractivity contribution >= 4 is 17.7 Å². The molecule has 4 heteroatoms. The minimum Gasteiger partial charge on any atom is -0.494 e. The van der Waals surface area contributed by atoms with E-state index in [2.05, 4.69) is 36.5 Å². The van der Waals surface area contributed by atoms with E-state index in [1.165, 1.54) is 10.5 Å². The molecule has 0 saturated heterocycles. The van der Waals surface area contributed by atoms with Crippen LogP contribution in [0.25, 0.3) is 0 Å². The van der Waals surface area contributed by atoms with Crippen LogP contribution in [-0.4, -0.2) is 18.3 Å². The number of thioether (sulfide) groups is 1. The van der Waals surface area contributed by atoms with Gasteiger partial charge in [0.05, 0.1) is 6.61 Å². The third kappa shape index (κ3) is 6.37. The molecule has 0 spiro atoms. The molecule has 3 nitrogen and oxygen atoms in total. The zero-order valence-electron chi connectivity index (χ0n) is 13.7. The van der Waals surface area contributed by atoms with E-state index in [1.54, 1.807) is 11.8 Å². The number of benzene rings is 2. The van der Waals surface area contributed by atoms with Gasteiger partial charge in [-0.2, -0.15) is 0 Å². The number of aryl methyl sites for hydroxylation is 1. The Hall–Kier alpha value is -1.94. The Labute approximate surface area is 142 Å². The smallest absolute Gasteiger partial charge is 0.221 e. The largest absolute Gasteiger partial charge is 0.494 e. The first kappa shape index (κ1) is 17.4. The number of hydrogen-bond acceptors (Lipinski definition) is 3. The van der Waals surface area contributed by atoms with Gasteiger partial charge in [0.25, 0.3) is 0 Å². The molecule has 0 aliphatic rings. The maximum atomic E-state index is 11.9. The maximum absolute atomic E-state index is 11.9. The molecule has 0 aromatic heterocycles. The summed E-state index contributed by atoms with van der Waals surface area (Å²) in [6.07, 6.45) is 0.518. The van der Waals surface area contributed by atoms with Gasteiger partial charge in [-0.3, -0.25) is 4.79 Å². The second-order valence-electron chi connectivity index (χ2n) is 5.27. The van der Waals surface area contributed by atoms with E-state index in [0.717, 1.165) is 17.1 Å². The first-order chi connectivity index (χ1) is 11.2. The summed E-state index contributed by atoms with van der Waals surface area (Å²) in [5.74, 6) is 1.70. The molecule has 0 unspecified atom stereocenters. The summed E-state index contributed by atoms with van der Waals surface area (Å²) >= 11 is 1.71. The van der Waals surface area contributed by atoms with E-state index in [1.807, 2.05) is 31.2 Å². The Morgan fingerprint density at radius 2 is 1.96 bits per heavy atom. The molecule has 0 radical (unpaired) electrons. The lowest BCUT2D eigenvalue weighted by Crippen LogP contribution is -2.23. The Balaban J connectivity index is 1.70. The number of ether oxygens (including phenoxy) is 1. The highest BCUT2D eigenvalue weighted by Crippen LogP contribution is 2.19. The van der Waals surface area contributed by atoms with Crippen molar-refractivity contribution in [2.45, 2.75) is 31.7 Å². The summed E-state index contributed by atoms with van der Waals surface area (Å²) in [6, 6.07) is 16.2. The summed E-state index contributed by atoms with van der Waals surface area (Å²) in [4.78, 5) is 13.1. The van der Waals surface area contributed by atoms with Crippen LogP contribution in [0.4, 0.5) is 0 Å². The summed E-state index contributed by atoms with van der Waals surface area (Å²) in [7, 11) is 0. The molecule has 2 rings (SSSR count). The van der Waals surface area contributed by atoms with Crippen LogP contribution in [0, 0.1) is 6.92 Å². The number of nitrogens with one attached hydrogen (secondary N) is 1. The fraction of sp³-hybridized carbons (Fsp3) is 0.316. The van der Waals surface area contributed by atoms with Crippen molar-refractivity contribution < 1.29 is 9.53 Å². The van der Waals surface area contributed by atoms with Gasteiger partial charge in [0, 0.05) is 23.6 Å². The number of hydrogen-bond donors (Lipinski definition) is 1. The summed E-state index contributed by atoms with van der Waals surface area (Å²) in [5, 5.41) is 2.96. The van der Waals surface area contributed by atoms with Gasteiger partial charge in [-0.1, -0.05) is 29.8 Å². The molecule has 1 N–H and O–H groups in total. The quantitative estimate of drug-likeness (QED) is 0.738. The molecule has 0 saturated carbocycles. The van der Waals surface area contributed by atoms with E-state index in [9.17, 15) is 4.79 Å². The van der Waals surface area contributed by atoms with Crippen molar-refractivity contribution in [3.8, 4) is 5.75 Å². The van der Waals surface area contributed by atoms with Gasteiger partial charge in [-0.25, -0.2) is 0 Å². The molecule has 0 aliphatic carbocycles. The second kappa shape index (κ2) is 9.26. The zero-order chi connectivity index (χ0) is 16.5. The highest BCUT2D eigenvalue weighted by molar-refractivity contribution is 7.99. The standard InChI is InChI=1S/C19H23NO2S/c1-3-22-17-6-4-5-16(13-17)14-20-19(21)11-12-23-18-9-7-15(2)8-10-18/h4-10,13H,3,11-12,14H2,1-2H3,(H,20,21). The third-order valence-electron chi connectivity index (χ3n) is 3.32. The topological polar surface area (TPSA) is 38.3 Å². The van der Waals surface area contributed by atoms with E-state index < -0.39 is 0 Å². The molecular formula is C19H23NO2S. The summed E-state index contributed by atoms with van der Waals surface area (Å²) in [6.45, 7) is 5.21. The minimum absolute atomic E-state index is 0.0754. The normalized spacial score (nSPS) is 10.3. The van der Waals surface area contributed by atoms with Crippen LogP contribution in [0.2, 0.25) is 0 Å². The third-order valence-corrected chi connectivity index (χ3v) is 4.33. The molecule has 0 atom stereocenters. The molecule has 0 bridgehead atoms. The lowest BCUT2D eigenvalue weighted by molar-refractivity contribution is -0.120. The predicted octanol–water partition coefficient (Wildman–Crippen LogP) is 4.19. The number of carbonyl (C=O) groups excluding carboxylic acids is 1. The maximum Gasteiger partial charge on any atom is 0.221 e. The molecule has 122 valence electrons. The number of amides is 1. The van der Waals surface area contributed by atoms with Gasteiger partial charge >= 0.3 is 0 Å². The minimum atomic E-state index is 0.0754. The van der Waals surface area contributed by atoms with Gasteiger partial charge in [0.1, 0.15) is 5.75 Å². The van der Waals surface area contributed by atoms with Crippen LogP contribution in [0.5, 0.6) is 5.75 Å². The van der Waals surface area contributed by atoms with Crippen LogP contribution in [-0.2, 0) is 11.3 Å². The first-order valence-electron chi connectivity index (χ1n) is 7.85. The summed E-state index contributed by atoms with van der Waals surface area (Å²) in [5.41, 5.74) is 2.30. The van der Waals surface area contributed by atoms with Gasteiger partial charge in [-0.05, 0) is 43.7 Å². The van der Waals surface area contributed by atoms with Crippen LogP contribution in [0.15, 0.2) is 53.4 Å². The monoisotopic (exact) mass is 329 g/mol. The average Bonchev–Trinajstić information content (AvgIpc) is 2.55. The predicted molar refractivity (Wildman–Crippen MR) is 96.0 cm³/mol. The fourth-order valence-corrected chi connectivity index (χ4v) is 2.95. The highest BCUT2D eigenvalue weighted by Gasteiger charge is 2.03. The fourth-order valence-electron chi connectivity index (χ4n) is 2.10. The van der Waals surface area contributed by atoms with Crippen LogP contribution < -0.4 is 10.1 Å². The van der Waals surface area contributed by atoms with Crippen LogP contribution >= 0.6 is 11.8 Å². The van der Waals surface area contributed by atoms with Gasteiger partial charge < -0.3 is 10.1 Å². The lowest BCUT2D eigenvalue weighted by Gasteiger charge is -2.08. The summed E-state index contributed by atoms with van der Waals surface area (Å²) < 4.78 is 5.46.